The van der Waals surface area contributed by atoms with Gasteiger partial charge in [-0.2, -0.15) is 0 Å². The van der Waals surface area contributed by atoms with E-state index >= 15 is 0 Å². The quantitative estimate of drug-likeness (QED) is 0.698. The van der Waals surface area contributed by atoms with Gasteiger partial charge in [0.1, 0.15) is 0 Å². The van der Waals surface area contributed by atoms with Gasteiger partial charge in [0.05, 0.1) is 5.41 Å². The molecule has 1 amide bonds. The number of nitrogens with zero attached hydrogens (tertiary/aromatic N) is 1. The van der Waals surface area contributed by atoms with Gasteiger partial charge in [-0.1, -0.05) is 0 Å². The van der Waals surface area contributed by atoms with Crippen LogP contribution in [0.15, 0.2) is 0 Å². The fraction of sp³-hybridized carbons (Fsp3) is 0.923. The lowest BCUT2D eigenvalue weighted by Crippen LogP contribution is -2.50. The zero-order valence-electron chi connectivity index (χ0n) is 11.3. The molecule has 0 aromatic rings. The van der Waals surface area contributed by atoms with Gasteiger partial charge in [0.2, 0.25) is 5.91 Å². The molecular formula is C13H25N3O2. The first-order chi connectivity index (χ1) is 8.68. The van der Waals surface area contributed by atoms with Crippen molar-refractivity contribution in [3.63, 3.8) is 0 Å². The third-order valence-electron chi connectivity index (χ3n) is 4.24. The molecule has 0 aromatic carbocycles. The number of ether oxygens (including phenoxy) is 1. The number of nitrogens with two attached hydrogens (primary N) is 1. The van der Waals surface area contributed by atoms with Crippen molar-refractivity contribution in [1.82, 2.24) is 10.2 Å². The van der Waals surface area contributed by atoms with Crippen LogP contribution in [0.25, 0.3) is 0 Å². The number of hydrogen-bond donors (Lipinski definition) is 2. The fourth-order valence-electron chi connectivity index (χ4n) is 2.52. The number of carbonyl (C=O) groups is 1. The largest absolute Gasteiger partial charge is 0.381 e. The Morgan fingerprint density at radius 2 is 2.11 bits per heavy atom. The van der Waals surface area contributed by atoms with Crippen molar-refractivity contribution < 1.29 is 9.53 Å². The molecule has 2 rings (SSSR count). The van der Waals surface area contributed by atoms with Gasteiger partial charge in [0.15, 0.2) is 0 Å². The van der Waals surface area contributed by atoms with E-state index in [2.05, 4.69) is 17.3 Å². The summed E-state index contributed by atoms with van der Waals surface area (Å²) in [7, 11) is 2.12. The van der Waals surface area contributed by atoms with E-state index in [0.717, 1.165) is 25.4 Å². The van der Waals surface area contributed by atoms with E-state index in [4.69, 9.17) is 10.5 Å². The molecule has 0 bridgehead atoms. The smallest absolute Gasteiger partial charge is 0.227 e. The molecule has 2 aliphatic rings. The average molecular weight is 255 g/mol. The summed E-state index contributed by atoms with van der Waals surface area (Å²) in [6, 6.07) is 0.744. The van der Waals surface area contributed by atoms with E-state index in [9.17, 15) is 4.79 Å². The molecule has 18 heavy (non-hydrogen) atoms. The van der Waals surface area contributed by atoms with Crippen LogP contribution in [0.5, 0.6) is 0 Å². The van der Waals surface area contributed by atoms with Gasteiger partial charge in [-0.25, -0.2) is 0 Å². The summed E-state index contributed by atoms with van der Waals surface area (Å²) in [5, 5.41) is 3.04. The Kier molecular flexibility index (Phi) is 4.59. The van der Waals surface area contributed by atoms with Crippen LogP contribution < -0.4 is 11.1 Å². The first-order valence-corrected chi connectivity index (χ1v) is 6.94. The van der Waals surface area contributed by atoms with E-state index in [0.29, 0.717) is 26.3 Å². The van der Waals surface area contributed by atoms with Crippen molar-refractivity contribution in [1.29, 1.82) is 0 Å². The van der Waals surface area contributed by atoms with Crippen molar-refractivity contribution in [3.05, 3.63) is 0 Å². The summed E-state index contributed by atoms with van der Waals surface area (Å²) in [6.07, 6.45) is 4.09. The Labute approximate surface area is 109 Å². The summed E-state index contributed by atoms with van der Waals surface area (Å²) in [5.74, 6) is 0.109. The number of hydrogen-bond acceptors (Lipinski definition) is 4. The van der Waals surface area contributed by atoms with Gasteiger partial charge in [0.25, 0.3) is 0 Å². The van der Waals surface area contributed by atoms with Gasteiger partial charge in [-0.05, 0) is 32.7 Å². The highest BCUT2D eigenvalue weighted by atomic mass is 16.5. The van der Waals surface area contributed by atoms with Crippen LogP contribution in [0.3, 0.4) is 0 Å². The van der Waals surface area contributed by atoms with Crippen LogP contribution in [0, 0.1) is 5.41 Å². The number of likely N-dealkylation sites (N-methyl/N-ethyl adjacent to an activating group) is 1. The van der Waals surface area contributed by atoms with Crippen molar-refractivity contribution in [3.8, 4) is 0 Å². The SMILES string of the molecule is CN(CCNC(=O)C1(CN)CCOCC1)C1CC1. The van der Waals surface area contributed by atoms with Crippen molar-refractivity contribution >= 4 is 5.91 Å². The highest BCUT2D eigenvalue weighted by molar-refractivity contribution is 5.83. The predicted molar refractivity (Wildman–Crippen MR) is 70.2 cm³/mol. The molecule has 1 saturated carbocycles. The van der Waals surface area contributed by atoms with Gasteiger partial charge in [0, 0.05) is 38.9 Å². The third-order valence-corrected chi connectivity index (χ3v) is 4.24. The minimum absolute atomic E-state index is 0.109. The average Bonchev–Trinajstić information content (AvgIpc) is 3.23. The normalized spacial score (nSPS) is 23.1. The summed E-state index contributed by atoms with van der Waals surface area (Å²) < 4.78 is 5.32. The van der Waals surface area contributed by atoms with Gasteiger partial charge in [-0.15, -0.1) is 0 Å². The minimum atomic E-state index is -0.392. The molecule has 0 spiro atoms. The van der Waals surface area contributed by atoms with Crippen molar-refractivity contribution in [2.75, 3.05) is 39.9 Å². The van der Waals surface area contributed by atoms with E-state index in [-0.39, 0.29) is 5.91 Å². The molecule has 5 heteroatoms. The van der Waals surface area contributed by atoms with Crippen LogP contribution in [0.1, 0.15) is 25.7 Å². The van der Waals surface area contributed by atoms with E-state index in [1.165, 1.54) is 12.8 Å². The monoisotopic (exact) mass is 255 g/mol. The molecule has 3 N–H and O–H groups in total. The third kappa shape index (κ3) is 3.22. The summed E-state index contributed by atoms with van der Waals surface area (Å²) >= 11 is 0. The first kappa shape index (κ1) is 13.8. The van der Waals surface area contributed by atoms with Gasteiger partial charge >= 0.3 is 0 Å². The van der Waals surface area contributed by atoms with E-state index in [1.54, 1.807) is 0 Å². The molecule has 104 valence electrons. The Morgan fingerprint density at radius 1 is 1.44 bits per heavy atom. The highest BCUT2D eigenvalue weighted by Crippen LogP contribution is 2.29. The van der Waals surface area contributed by atoms with E-state index in [1.807, 2.05) is 0 Å². The molecular weight excluding hydrogens is 230 g/mol. The highest BCUT2D eigenvalue weighted by Gasteiger charge is 2.38. The number of rotatable bonds is 6. The Bertz CT molecular complexity index is 286. The first-order valence-electron chi connectivity index (χ1n) is 6.94. The maximum absolute atomic E-state index is 12.3. The lowest BCUT2D eigenvalue weighted by Gasteiger charge is -2.34. The van der Waals surface area contributed by atoms with Crippen molar-refractivity contribution in [2.45, 2.75) is 31.7 Å². The van der Waals surface area contributed by atoms with Crippen LogP contribution in [-0.2, 0) is 9.53 Å². The van der Waals surface area contributed by atoms with Crippen LogP contribution >= 0.6 is 0 Å². The lowest BCUT2D eigenvalue weighted by molar-refractivity contribution is -0.135. The Morgan fingerprint density at radius 3 is 2.67 bits per heavy atom. The van der Waals surface area contributed by atoms with Gasteiger partial charge < -0.3 is 20.7 Å². The lowest BCUT2D eigenvalue weighted by atomic mass is 9.79. The summed E-state index contributed by atoms with van der Waals surface area (Å²) in [6.45, 7) is 3.35. The number of nitrogens with one attached hydrogen (secondary N) is 1. The second-order valence-electron chi connectivity index (χ2n) is 5.56. The second-order valence-corrected chi connectivity index (χ2v) is 5.56. The Balaban J connectivity index is 1.74. The Hall–Kier alpha value is -0.650. The molecule has 5 nitrogen and oxygen atoms in total. The molecule has 0 aromatic heterocycles. The maximum atomic E-state index is 12.3. The molecule has 0 radical (unpaired) electrons. The van der Waals surface area contributed by atoms with Crippen LogP contribution in [0.4, 0.5) is 0 Å². The minimum Gasteiger partial charge on any atom is -0.381 e. The molecule has 2 fully saturated rings. The predicted octanol–water partition coefficient (Wildman–Crippen LogP) is -0.0477. The van der Waals surface area contributed by atoms with Crippen LogP contribution in [-0.4, -0.2) is 56.7 Å². The molecule has 1 aliphatic carbocycles. The number of carbonyl (C=O) groups excluding carboxylic acids is 1. The zero-order valence-corrected chi connectivity index (χ0v) is 11.3. The molecule has 0 unspecified atom stereocenters. The maximum Gasteiger partial charge on any atom is 0.227 e. The summed E-state index contributed by atoms with van der Waals surface area (Å²) in [5.41, 5.74) is 5.41. The van der Waals surface area contributed by atoms with Crippen molar-refractivity contribution in [2.24, 2.45) is 11.1 Å². The fourth-order valence-corrected chi connectivity index (χ4v) is 2.52. The second kappa shape index (κ2) is 5.99. The van der Waals surface area contributed by atoms with Gasteiger partial charge in [-0.3, -0.25) is 4.79 Å². The van der Waals surface area contributed by atoms with Crippen LogP contribution in [0.2, 0.25) is 0 Å². The standard InChI is InChI=1S/C13H25N3O2/c1-16(11-2-3-11)7-6-15-12(17)13(10-14)4-8-18-9-5-13/h11H,2-10,14H2,1H3,(H,15,17). The zero-order chi connectivity index (χ0) is 13.0. The molecule has 1 saturated heterocycles. The molecule has 0 atom stereocenters. The topological polar surface area (TPSA) is 67.6 Å². The number of amides is 1. The summed E-state index contributed by atoms with van der Waals surface area (Å²) in [4.78, 5) is 14.6. The molecule has 1 heterocycles. The molecule has 1 aliphatic heterocycles. The van der Waals surface area contributed by atoms with E-state index < -0.39 is 5.41 Å².